The smallest absolute Gasteiger partial charge is 0.328 e. The number of nitrogens with two attached hydrogens (primary N) is 1. The maximum absolute atomic E-state index is 13.0. The number of carbonyl (C=O) groups is 5. The average Bonchev–Trinajstić information content (AvgIpc) is 2.79. The fourth-order valence-electron chi connectivity index (χ4n) is 3.39. The highest BCUT2D eigenvalue weighted by atomic mass is 16.4. The molecule has 8 N–H and O–H groups in total. The van der Waals surface area contributed by atoms with Crippen LogP contribution in [0.3, 0.4) is 0 Å². The fraction of sp³-hybridized carbons (Fsp3) is 0.542. The van der Waals surface area contributed by atoms with Gasteiger partial charge in [-0.2, -0.15) is 0 Å². The summed E-state index contributed by atoms with van der Waals surface area (Å²) < 4.78 is 0. The van der Waals surface area contributed by atoms with E-state index in [-0.39, 0.29) is 25.2 Å². The van der Waals surface area contributed by atoms with E-state index in [0.717, 1.165) is 12.5 Å². The van der Waals surface area contributed by atoms with Gasteiger partial charge in [-0.1, -0.05) is 44.2 Å². The SMILES string of the molecule is CC(C)CC(NC(=O)C(N)Cc1ccccc1)C(=O)NC(CCC(=O)O)C(=O)NC(C(=O)O)C(C)O. The van der Waals surface area contributed by atoms with E-state index in [2.05, 4.69) is 16.0 Å². The predicted molar refractivity (Wildman–Crippen MR) is 130 cm³/mol. The Morgan fingerprint density at radius 3 is 1.92 bits per heavy atom. The first-order chi connectivity index (χ1) is 16.8. The minimum atomic E-state index is -1.66. The van der Waals surface area contributed by atoms with E-state index in [1.165, 1.54) is 0 Å². The number of aliphatic carboxylic acids is 2. The van der Waals surface area contributed by atoms with Gasteiger partial charge in [-0.15, -0.1) is 0 Å². The van der Waals surface area contributed by atoms with Crippen molar-refractivity contribution in [2.24, 2.45) is 11.7 Å². The summed E-state index contributed by atoms with van der Waals surface area (Å²) in [6.45, 7) is 4.81. The molecule has 12 nitrogen and oxygen atoms in total. The third-order valence-electron chi connectivity index (χ3n) is 5.30. The molecule has 0 bridgehead atoms. The quantitative estimate of drug-likeness (QED) is 0.161. The molecule has 5 unspecified atom stereocenters. The molecule has 0 saturated heterocycles. The Labute approximate surface area is 209 Å². The number of carboxylic acid groups (broad SMARTS) is 2. The van der Waals surface area contributed by atoms with Gasteiger partial charge in [0.05, 0.1) is 12.1 Å². The molecule has 0 radical (unpaired) electrons. The molecule has 1 aromatic rings. The van der Waals surface area contributed by atoms with Crippen LogP contribution >= 0.6 is 0 Å². The van der Waals surface area contributed by atoms with Crippen molar-refractivity contribution >= 4 is 29.7 Å². The normalized spacial score (nSPS) is 15.2. The van der Waals surface area contributed by atoms with E-state index < -0.39 is 66.4 Å². The van der Waals surface area contributed by atoms with Crippen LogP contribution in [0.1, 0.15) is 45.6 Å². The van der Waals surface area contributed by atoms with Crippen molar-refractivity contribution < 1.29 is 39.3 Å². The van der Waals surface area contributed by atoms with Crippen LogP contribution in [0.25, 0.3) is 0 Å². The largest absolute Gasteiger partial charge is 0.481 e. The van der Waals surface area contributed by atoms with Crippen LogP contribution in [-0.2, 0) is 30.4 Å². The molecule has 0 spiro atoms. The average molecular weight is 509 g/mol. The van der Waals surface area contributed by atoms with E-state index in [1.54, 1.807) is 0 Å². The Morgan fingerprint density at radius 1 is 0.861 bits per heavy atom. The Balaban J connectivity index is 2.99. The van der Waals surface area contributed by atoms with Crippen molar-refractivity contribution in [3.8, 4) is 0 Å². The molecule has 0 aliphatic rings. The van der Waals surface area contributed by atoms with Gasteiger partial charge in [0.25, 0.3) is 0 Å². The molecule has 0 aliphatic carbocycles. The van der Waals surface area contributed by atoms with E-state index >= 15 is 0 Å². The van der Waals surface area contributed by atoms with Gasteiger partial charge < -0.3 is 37.0 Å². The number of carboxylic acids is 2. The highest BCUT2D eigenvalue weighted by molar-refractivity contribution is 5.94. The molecule has 3 amide bonds. The Bertz CT molecular complexity index is 907. The van der Waals surface area contributed by atoms with E-state index in [9.17, 15) is 34.2 Å². The zero-order valence-corrected chi connectivity index (χ0v) is 20.6. The summed E-state index contributed by atoms with van der Waals surface area (Å²) in [4.78, 5) is 60.8. The lowest BCUT2D eigenvalue weighted by Gasteiger charge is -2.26. The molecule has 0 saturated carbocycles. The topological polar surface area (TPSA) is 208 Å². The third kappa shape index (κ3) is 10.8. The molecule has 1 rings (SSSR count). The van der Waals surface area contributed by atoms with Crippen LogP contribution in [0.4, 0.5) is 0 Å². The predicted octanol–water partition coefficient (Wildman–Crippen LogP) is -0.613. The number of aliphatic hydroxyl groups is 1. The Hall–Kier alpha value is -3.51. The van der Waals surface area contributed by atoms with E-state index in [4.69, 9.17) is 10.8 Å². The van der Waals surface area contributed by atoms with Gasteiger partial charge in [-0.3, -0.25) is 19.2 Å². The van der Waals surface area contributed by atoms with Crippen LogP contribution < -0.4 is 21.7 Å². The molecule has 1 aromatic carbocycles. The number of rotatable bonds is 15. The first-order valence-electron chi connectivity index (χ1n) is 11.6. The van der Waals surface area contributed by atoms with Crippen molar-refractivity contribution in [1.29, 1.82) is 0 Å². The maximum atomic E-state index is 13.0. The zero-order chi connectivity index (χ0) is 27.4. The van der Waals surface area contributed by atoms with Gasteiger partial charge >= 0.3 is 11.9 Å². The Morgan fingerprint density at radius 2 is 1.42 bits per heavy atom. The van der Waals surface area contributed by atoms with Crippen molar-refractivity contribution in [3.05, 3.63) is 35.9 Å². The highest BCUT2D eigenvalue weighted by Gasteiger charge is 2.32. The number of nitrogens with one attached hydrogen (secondary N) is 3. The second kappa shape index (κ2) is 14.8. The molecule has 0 heterocycles. The maximum Gasteiger partial charge on any atom is 0.328 e. The van der Waals surface area contributed by atoms with Crippen molar-refractivity contribution in [2.75, 3.05) is 0 Å². The molecule has 0 fully saturated rings. The highest BCUT2D eigenvalue weighted by Crippen LogP contribution is 2.09. The van der Waals surface area contributed by atoms with Crippen molar-refractivity contribution in [3.63, 3.8) is 0 Å². The molecule has 0 aromatic heterocycles. The van der Waals surface area contributed by atoms with Crippen molar-refractivity contribution in [2.45, 2.75) is 76.7 Å². The molecule has 5 atom stereocenters. The Kier molecular flexibility index (Phi) is 12.5. The summed E-state index contributed by atoms with van der Waals surface area (Å²) in [7, 11) is 0. The number of amides is 3. The van der Waals surface area contributed by atoms with Gasteiger partial charge in [-0.05, 0) is 37.7 Å². The molecule has 36 heavy (non-hydrogen) atoms. The number of aliphatic hydroxyl groups excluding tert-OH is 1. The van der Waals surface area contributed by atoms with Crippen LogP contribution in [0.2, 0.25) is 0 Å². The monoisotopic (exact) mass is 508 g/mol. The van der Waals surface area contributed by atoms with Gasteiger partial charge in [0.15, 0.2) is 6.04 Å². The number of benzene rings is 1. The molecular formula is C24H36N4O8. The molecule has 200 valence electrons. The summed E-state index contributed by atoms with van der Waals surface area (Å²) in [5.41, 5.74) is 6.85. The minimum absolute atomic E-state index is 0.0377. The van der Waals surface area contributed by atoms with Crippen LogP contribution in [-0.4, -0.2) is 75.3 Å². The number of hydrogen-bond donors (Lipinski definition) is 7. The second-order valence-corrected chi connectivity index (χ2v) is 9.05. The lowest BCUT2D eigenvalue weighted by molar-refractivity contribution is -0.145. The third-order valence-corrected chi connectivity index (χ3v) is 5.30. The lowest BCUT2D eigenvalue weighted by Crippen LogP contribution is -2.58. The van der Waals surface area contributed by atoms with Crippen LogP contribution in [0, 0.1) is 5.92 Å². The molecular weight excluding hydrogens is 472 g/mol. The zero-order valence-electron chi connectivity index (χ0n) is 20.6. The van der Waals surface area contributed by atoms with Gasteiger partial charge in [0.2, 0.25) is 17.7 Å². The van der Waals surface area contributed by atoms with Gasteiger partial charge in [0, 0.05) is 6.42 Å². The number of hydrogen-bond acceptors (Lipinski definition) is 7. The van der Waals surface area contributed by atoms with E-state index in [1.807, 2.05) is 44.2 Å². The summed E-state index contributed by atoms with van der Waals surface area (Å²) in [6.07, 6.45) is -1.83. The van der Waals surface area contributed by atoms with Gasteiger partial charge in [-0.25, -0.2) is 4.79 Å². The van der Waals surface area contributed by atoms with Crippen LogP contribution in [0.15, 0.2) is 30.3 Å². The molecule has 12 heteroatoms. The standard InChI is InChI=1S/C24H36N4O8/c1-13(2)11-18(27-21(32)16(25)12-15-7-5-4-6-8-15)23(34)26-17(9-10-19(30)31)22(33)28-20(14(3)29)24(35)36/h4-8,13-14,16-18,20,29H,9-12,25H2,1-3H3,(H,26,34)(H,27,32)(H,28,33)(H,30,31)(H,35,36). The second-order valence-electron chi connectivity index (χ2n) is 9.05. The number of carbonyl (C=O) groups excluding carboxylic acids is 3. The summed E-state index contributed by atoms with van der Waals surface area (Å²) >= 11 is 0. The minimum Gasteiger partial charge on any atom is -0.481 e. The lowest BCUT2D eigenvalue weighted by atomic mass is 10.0. The fourth-order valence-corrected chi connectivity index (χ4v) is 3.39. The van der Waals surface area contributed by atoms with Gasteiger partial charge in [0.1, 0.15) is 12.1 Å². The summed E-state index contributed by atoms with van der Waals surface area (Å²) in [5.74, 6) is -5.08. The van der Waals surface area contributed by atoms with Crippen molar-refractivity contribution in [1.82, 2.24) is 16.0 Å². The summed E-state index contributed by atoms with van der Waals surface area (Å²) in [6, 6.07) is 3.98. The van der Waals surface area contributed by atoms with Crippen LogP contribution in [0.5, 0.6) is 0 Å². The first-order valence-corrected chi connectivity index (χ1v) is 11.6. The molecule has 0 aliphatic heterocycles. The summed E-state index contributed by atoms with van der Waals surface area (Å²) in [5, 5.41) is 35.0. The van der Waals surface area contributed by atoms with E-state index in [0.29, 0.717) is 0 Å². The first kappa shape index (κ1) is 30.5.